The number of nitrogens with one attached hydrogen (secondary N) is 3. The third-order valence-corrected chi connectivity index (χ3v) is 3.19. The maximum atomic E-state index is 12.5. The van der Waals surface area contributed by atoms with E-state index < -0.39 is 6.36 Å². The van der Waals surface area contributed by atoms with Gasteiger partial charge in [-0.05, 0) is 13.0 Å². The van der Waals surface area contributed by atoms with Gasteiger partial charge in [0, 0.05) is 31.1 Å². The van der Waals surface area contributed by atoms with Crippen molar-refractivity contribution in [1.82, 2.24) is 16.0 Å². The van der Waals surface area contributed by atoms with E-state index in [2.05, 4.69) is 25.7 Å². The Bertz CT molecular complexity index is 610. The summed E-state index contributed by atoms with van der Waals surface area (Å²) in [7, 11) is 0. The minimum Gasteiger partial charge on any atom is -0.405 e. The van der Waals surface area contributed by atoms with E-state index in [4.69, 9.17) is 0 Å². The van der Waals surface area contributed by atoms with Gasteiger partial charge in [0.25, 0.3) is 0 Å². The molecule has 6 nitrogen and oxygen atoms in total. The Balaban J connectivity index is 0.00000676. The molecular weight excluding hydrogens is 476 g/mol. The van der Waals surface area contributed by atoms with Crippen LogP contribution in [0.25, 0.3) is 0 Å². The van der Waals surface area contributed by atoms with Crippen LogP contribution >= 0.6 is 24.0 Å². The standard InChI is InChI=1S/C17H25F3N4O2.HI/c1-4-21-16(23-10-9-22-15(25)12(2)3)24-11-13-7-5-6-8-14(13)26-17(18,19)20;/h5-8,12H,4,9-11H2,1-3H3,(H,22,25)(H2,21,23,24);1H. The summed E-state index contributed by atoms with van der Waals surface area (Å²) in [5, 5.41) is 8.77. The molecule has 1 amide bonds. The summed E-state index contributed by atoms with van der Waals surface area (Å²) < 4.78 is 41.4. The monoisotopic (exact) mass is 502 g/mol. The van der Waals surface area contributed by atoms with Crippen LogP contribution < -0.4 is 20.7 Å². The van der Waals surface area contributed by atoms with Gasteiger partial charge in [-0.15, -0.1) is 37.1 Å². The van der Waals surface area contributed by atoms with Crippen molar-refractivity contribution in [2.45, 2.75) is 33.7 Å². The van der Waals surface area contributed by atoms with Crippen LogP contribution in [0, 0.1) is 5.92 Å². The van der Waals surface area contributed by atoms with Crippen molar-refractivity contribution in [2.24, 2.45) is 10.9 Å². The number of benzene rings is 1. The third-order valence-electron chi connectivity index (χ3n) is 3.19. The van der Waals surface area contributed by atoms with Gasteiger partial charge in [-0.3, -0.25) is 4.79 Å². The van der Waals surface area contributed by atoms with E-state index in [9.17, 15) is 18.0 Å². The molecule has 1 aromatic rings. The van der Waals surface area contributed by atoms with E-state index in [1.54, 1.807) is 19.9 Å². The molecular formula is C17H26F3IN4O2. The molecule has 1 rings (SSSR count). The largest absolute Gasteiger partial charge is 0.573 e. The summed E-state index contributed by atoms with van der Waals surface area (Å²) in [6.07, 6.45) is -4.75. The Hall–Kier alpha value is -1.72. The lowest BCUT2D eigenvalue weighted by Gasteiger charge is -2.14. The van der Waals surface area contributed by atoms with E-state index in [0.717, 1.165) is 0 Å². The number of carbonyl (C=O) groups is 1. The molecule has 0 aliphatic carbocycles. The topological polar surface area (TPSA) is 74.8 Å². The number of guanidine groups is 1. The normalized spacial score (nSPS) is 11.6. The summed E-state index contributed by atoms with van der Waals surface area (Å²) >= 11 is 0. The number of halogens is 4. The summed E-state index contributed by atoms with van der Waals surface area (Å²) in [6, 6.07) is 5.86. The molecule has 0 aliphatic heterocycles. The lowest BCUT2D eigenvalue weighted by molar-refractivity contribution is -0.274. The van der Waals surface area contributed by atoms with E-state index in [1.165, 1.54) is 18.2 Å². The predicted molar refractivity (Wildman–Crippen MR) is 109 cm³/mol. The van der Waals surface area contributed by atoms with Crippen molar-refractivity contribution in [3.8, 4) is 5.75 Å². The second kappa shape index (κ2) is 12.6. The number of rotatable bonds is 8. The molecule has 10 heteroatoms. The molecule has 1 aromatic carbocycles. The van der Waals surface area contributed by atoms with Gasteiger partial charge < -0.3 is 20.7 Å². The average molecular weight is 502 g/mol. The van der Waals surface area contributed by atoms with Crippen LogP contribution in [0.15, 0.2) is 29.3 Å². The maximum Gasteiger partial charge on any atom is 0.573 e. The first-order valence-electron chi connectivity index (χ1n) is 8.36. The van der Waals surface area contributed by atoms with E-state index in [-0.39, 0.29) is 48.1 Å². The van der Waals surface area contributed by atoms with E-state index in [1.807, 2.05) is 6.92 Å². The third kappa shape index (κ3) is 10.9. The Labute approximate surface area is 174 Å². The fourth-order valence-corrected chi connectivity index (χ4v) is 1.94. The van der Waals surface area contributed by atoms with Gasteiger partial charge in [-0.2, -0.15) is 0 Å². The van der Waals surface area contributed by atoms with Crippen LogP contribution in [-0.2, 0) is 11.3 Å². The molecule has 0 heterocycles. The highest BCUT2D eigenvalue weighted by atomic mass is 127. The summed E-state index contributed by atoms with van der Waals surface area (Å²) in [5.41, 5.74) is 0.315. The lowest BCUT2D eigenvalue weighted by Crippen LogP contribution is -2.42. The van der Waals surface area contributed by atoms with Gasteiger partial charge in [-0.1, -0.05) is 32.0 Å². The maximum absolute atomic E-state index is 12.5. The summed E-state index contributed by atoms with van der Waals surface area (Å²) in [5.74, 6) is 0.0194. The van der Waals surface area contributed by atoms with Gasteiger partial charge in [0.15, 0.2) is 5.96 Å². The zero-order valence-electron chi connectivity index (χ0n) is 15.5. The molecule has 0 atom stereocenters. The quantitative estimate of drug-likeness (QED) is 0.221. The van der Waals surface area contributed by atoms with Crippen molar-refractivity contribution >= 4 is 35.8 Å². The molecule has 154 valence electrons. The zero-order valence-corrected chi connectivity index (χ0v) is 17.9. The van der Waals surface area contributed by atoms with Crippen molar-refractivity contribution in [1.29, 1.82) is 0 Å². The molecule has 0 spiro atoms. The van der Waals surface area contributed by atoms with Crippen LogP contribution in [-0.4, -0.2) is 37.9 Å². The highest BCUT2D eigenvalue weighted by Crippen LogP contribution is 2.26. The Morgan fingerprint density at radius 1 is 1.15 bits per heavy atom. The van der Waals surface area contributed by atoms with Gasteiger partial charge in [0.1, 0.15) is 5.75 Å². The Kier molecular flexibility index (Phi) is 11.8. The zero-order chi connectivity index (χ0) is 19.6. The second-order valence-corrected chi connectivity index (χ2v) is 5.72. The highest BCUT2D eigenvalue weighted by Gasteiger charge is 2.31. The van der Waals surface area contributed by atoms with Crippen LogP contribution in [0.4, 0.5) is 13.2 Å². The molecule has 0 bridgehead atoms. The second-order valence-electron chi connectivity index (χ2n) is 5.72. The molecule has 0 saturated heterocycles. The van der Waals surface area contributed by atoms with Gasteiger partial charge in [0.2, 0.25) is 5.91 Å². The number of nitrogens with zero attached hydrogens (tertiary/aromatic N) is 1. The SMILES string of the molecule is CCNC(=NCc1ccccc1OC(F)(F)F)NCCNC(=O)C(C)C.I. The number of hydrogen-bond donors (Lipinski definition) is 3. The first kappa shape index (κ1) is 25.3. The molecule has 0 saturated carbocycles. The number of aliphatic imine (C=N–C) groups is 1. The van der Waals surface area contributed by atoms with E-state index >= 15 is 0 Å². The Morgan fingerprint density at radius 2 is 1.78 bits per heavy atom. The summed E-state index contributed by atoms with van der Waals surface area (Å²) in [4.78, 5) is 15.7. The first-order chi connectivity index (χ1) is 12.2. The number of alkyl halides is 3. The Morgan fingerprint density at radius 3 is 2.37 bits per heavy atom. The fraction of sp³-hybridized carbons (Fsp3) is 0.529. The molecule has 0 aliphatic rings. The lowest BCUT2D eigenvalue weighted by atomic mass is 10.2. The van der Waals surface area contributed by atoms with Gasteiger partial charge in [0.05, 0.1) is 6.54 Å². The number of carbonyl (C=O) groups excluding carboxylic acids is 1. The van der Waals surface area contributed by atoms with Crippen molar-refractivity contribution in [3.63, 3.8) is 0 Å². The molecule has 0 fully saturated rings. The van der Waals surface area contributed by atoms with Crippen LogP contribution in [0.1, 0.15) is 26.3 Å². The molecule has 0 unspecified atom stereocenters. The first-order valence-corrected chi connectivity index (χ1v) is 8.36. The number of amides is 1. The van der Waals surface area contributed by atoms with Crippen LogP contribution in [0.5, 0.6) is 5.75 Å². The van der Waals surface area contributed by atoms with Crippen molar-refractivity contribution < 1.29 is 22.7 Å². The highest BCUT2D eigenvalue weighted by molar-refractivity contribution is 14.0. The van der Waals surface area contributed by atoms with Crippen LogP contribution in [0.3, 0.4) is 0 Å². The molecule has 27 heavy (non-hydrogen) atoms. The minimum absolute atomic E-state index is 0. The van der Waals surface area contributed by atoms with E-state index in [0.29, 0.717) is 31.2 Å². The van der Waals surface area contributed by atoms with Gasteiger partial charge in [-0.25, -0.2) is 4.99 Å². The van der Waals surface area contributed by atoms with Crippen LogP contribution in [0.2, 0.25) is 0 Å². The molecule has 0 aromatic heterocycles. The average Bonchev–Trinajstić information content (AvgIpc) is 2.55. The number of para-hydroxylation sites is 1. The summed E-state index contributed by atoms with van der Waals surface area (Å²) in [6.45, 7) is 6.92. The number of ether oxygens (including phenoxy) is 1. The van der Waals surface area contributed by atoms with Crippen molar-refractivity contribution in [3.05, 3.63) is 29.8 Å². The molecule has 0 radical (unpaired) electrons. The van der Waals surface area contributed by atoms with Crippen molar-refractivity contribution in [2.75, 3.05) is 19.6 Å². The predicted octanol–water partition coefficient (Wildman–Crippen LogP) is 3.03. The smallest absolute Gasteiger partial charge is 0.405 e. The molecule has 3 N–H and O–H groups in total. The fourth-order valence-electron chi connectivity index (χ4n) is 1.94. The minimum atomic E-state index is -4.75. The van der Waals surface area contributed by atoms with Gasteiger partial charge >= 0.3 is 6.36 Å². The number of hydrogen-bond acceptors (Lipinski definition) is 3.